The summed E-state index contributed by atoms with van der Waals surface area (Å²) >= 11 is 0. The first-order valence-electron chi connectivity index (χ1n) is 12.9. The largest absolute Gasteiger partial charge is 0.407 e. The first kappa shape index (κ1) is 28.5. The SMILES string of the molecule is CC[C@@H](CNc1ccc(N2CCCC2=O)cc1)NC(=O)[C@H](CC(C)C)N[C@@H](c1ccccc1)C(F)(F)F. The third kappa shape index (κ3) is 8.21. The van der Waals surface area contributed by atoms with Crippen molar-refractivity contribution in [1.29, 1.82) is 0 Å². The standard InChI is InChI=1S/C28H37F3N4O2/c1-4-21(18-32-22-12-14-23(15-13-22)35-16-8-11-25(35)36)33-27(37)24(17-19(2)3)34-26(28(29,30)31)20-9-6-5-7-10-20/h5-7,9-10,12-15,19,21,24,26,32,34H,4,8,11,16-18H2,1-3H3,(H,33,37)/t21-,24-,26-/m0/s1. The Balaban J connectivity index is 1.63. The fourth-order valence-electron chi connectivity index (χ4n) is 4.47. The first-order chi connectivity index (χ1) is 17.6. The molecule has 0 aliphatic carbocycles. The Kier molecular flexibility index (Phi) is 9.97. The minimum absolute atomic E-state index is 0.0205. The number of alkyl halides is 3. The molecule has 0 aromatic heterocycles. The van der Waals surface area contributed by atoms with Crippen LogP contribution in [0.5, 0.6) is 0 Å². The van der Waals surface area contributed by atoms with Gasteiger partial charge in [-0.25, -0.2) is 0 Å². The first-order valence-corrected chi connectivity index (χ1v) is 12.9. The lowest BCUT2D eigenvalue weighted by Gasteiger charge is -2.29. The van der Waals surface area contributed by atoms with Gasteiger partial charge in [0, 0.05) is 36.9 Å². The molecule has 0 saturated carbocycles. The van der Waals surface area contributed by atoms with Gasteiger partial charge in [0.15, 0.2) is 0 Å². The van der Waals surface area contributed by atoms with Crippen molar-refractivity contribution in [2.75, 3.05) is 23.3 Å². The summed E-state index contributed by atoms with van der Waals surface area (Å²) in [6, 6.07) is 11.9. The number of hydrogen-bond acceptors (Lipinski definition) is 4. The van der Waals surface area contributed by atoms with E-state index in [2.05, 4.69) is 16.0 Å². The lowest BCUT2D eigenvalue weighted by Crippen LogP contribution is -2.52. The maximum atomic E-state index is 13.9. The average molecular weight is 519 g/mol. The van der Waals surface area contributed by atoms with Gasteiger partial charge in [-0.1, -0.05) is 51.1 Å². The maximum Gasteiger partial charge on any atom is 0.407 e. The zero-order valence-corrected chi connectivity index (χ0v) is 21.6. The van der Waals surface area contributed by atoms with Crippen LogP contribution in [0.1, 0.15) is 58.1 Å². The molecule has 2 amide bonds. The van der Waals surface area contributed by atoms with Crippen LogP contribution in [0.3, 0.4) is 0 Å². The van der Waals surface area contributed by atoms with Crippen LogP contribution in [0.15, 0.2) is 54.6 Å². The van der Waals surface area contributed by atoms with Gasteiger partial charge in [-0.15, -0.1) is 0 Å². The van der Waals surface area contributed by atoms with E-state index in [-0.39, 0.29) is 29.9 Å². The van der Waals surface area contributed by atoms with E-state index in [1.54, 1.807) is 23.1 Å². The van der Waals surface area contributed by atoms with Gasteiger partial charge in [-0.3, -0.25) is 14.9 Å². The summed E-state index contributed by atoms with van der Waals surface area (Å²) < 4.78 is 41.8. The van der Waals surface area contributed by atoms with Gasteiger partial charge in [0.05, 0.1) is 6.04 Å². The molecule has 0 bridgehead atoms. The molecule has 0 radical (unpaired) electrons. The fourth-order valence-corrected chi connectivity index (χ4v) is 4.47. The maximum absolute atomic E-state index is 13.9. The topological polar surface area (TPSA) is 73.5 Å². The van der Waals surface area contributed by atoms with E-state index in [4.69, 9.17) is 0 Å². The van der Waals surface area contributed by atoms with E-state index in [9.17, 15) is 22.8 Å². The van der Waals surface area contributed by atoms with E-state index >= 15 is 0 Å². The molecule has 1 fully saturated rings. The summed E-state index contributed by atoms with van der Waals surface area (Å²) in [5.74, 6) is -0.304. The predicted molar refractivity (Wildman–Crippen MR) is 140 cm³/mol. The van der Waals surface area contributed by atoms with Gasteiger partial charge >= 0.3 is 6.18 Å². The molecule has 1 aliphatic rings. The van der Waals surface area contributed by atoms with Gasteiger partial charge in [-0.2, -0.15) is 13.2 Å². The third-order valence-electron chi connectivity index (χ3n) is 6.50. The molecule has 3 rings (SSSR count). The van der Waals surface area contributed by atoms with Crippen LogP contribution in [0.4, 0.5) is 24.5 Å². The Bertz CT molecular complexity index is 1010. The van der Waals surface area contributed by atoms with Crippen molar-refractivity contribution in [2.24, 2.45) is 5.92 Å². The van der Waals surface area contributed by atoms with Crippen LogP contribution in [0.2, 0.25) is 0 Å². The van der Waals surface area contributed by atoms with Crippen LogP contribution in [0, 0.1) is 5.92 Å². The molecule has 0 spiro atoms. The van der Waals surface area contributed by atoms with Crippen molar-refractivity contribution >= 4 is 23.2 Å². The van der Waals surface area contributed by atoms with Crippen molar-refractivity contribution in [3.05, 3.63) is 60.2 Å². The van der Waals surface area contributed by atoms with Crippen LogP contribution in [0.25, 0.3) is 0 Å². The number of amides is 2. The van der Waals surface area contributed by atoms with Crippen molar-refractivity contribution in [3.63, 3.8) is 0 Å². The second-order valence-electron chi connectivity index (χ2n) is 9.92. The third-order valence-corrected chi connectivity index (χ3v) is 6.50. The highest BCUT2D eigenvalue weighted by Gasteiger charge is 2.43. The molecule has 2 aromatic carbocycles. The Morgan fingerprint density at radius 1 is 1.05 bits per heavy atom. The van der Waals surface area contributed by atoms with Gasteiger partial charge in [-0.05, 0) is 55.0 Å². The van der Waals surface area contributed by atoms with Gasteiger partial charge in [0.1, 0.15) is 6.04 Å². The highest BCUT2D eigenvalue weighted by molar-refractivity contribution is 5.95. The van der Waals surface area contributed by atoms with Crippen LogP contribution in [-0.2, 0) is 9.59 Å². The van der Waals surface area contributed by atoms with Gasteiger partial charge in [0.25, 0.3) is 0 Å². The summed E-state index contributed by atoms with van der Waals surface area (Å²) in [7, 11) is 0. The Labute approximate surface area is 217 Å². The second-order valence-corrected chi connectivity index (χ2v) is 9.92. The molecule has 2 aromatic rings. The van der Waals surface area contributed by atoms with Crippen molar-refractivity contribution < 1.29 is 22.8 Å². The molecule has 3 N–H and O–H groups in total. The Morgan fingerprint density at radius 3 is 2.27 bits per heavy atom. The van der Waals surface area contributed by atoms with Crippen LogP contribution in [-0.4, -0.2) is 43.2 Å². The zero-order valence-electron chi connectivity index (χ0n) is 21.6. The number of halogens is 3. The smallest absolute Gasteiger partial charge is 0.383 e. The van der Waals surface area contributed by atoms with E-state index in [0.29, 0.717) is 19.4 Å². The predicted octanol–water partition coefficient (Wildman–Crippen LogP) is 5.43. The van der Waals surface area contributed by atoms with E-state index in [0.717, 1.165) is 24.3 Å². The highest BCUT2D eigenvalue weighted by atomic mass is 19.4. The average Bonchev–Trinajstić information content (AvgIpc) is 3.29. The highest BCUT2D eigenvalue weighted by Crippen LogP contribution is 2.33. The van der Waals surface area contributed by atoms with Gasteiger partial charge < -0.3 is 15.5 Å². The minimum atomic E-state index is -4.55. The van der Waals surface area contributed by atoms with Crippen LogP contribution < -0.4 is 20.9 Å². The fraction of sp³-hybridized carbons (Fsp3) is 0.500. The number of nitrogens with zero attached hydrogens (tertiary/aromatic N) is 1. The molecule has 9 heteroatoms. The Morgan fingerprint density at radius 2 is 1.73 bits per heavy atom. The second kappa shape index (κ2) is 12.9. The van der Waals surface area contributed by atoms with Crippen LogP contribution >= 0.6 is 0 Å². The molecule has 3 atom stereocenters. The van der Waals surface area contributed by atoms with Gasteiger partial charge in [0.2, 0.25) is 11.8 Å². The van der Waals surface area contributed by atoms with E-state index < -0.39 is 24.2 Å². The number of benzene rings is 2. The number of rotatable bonds is 12. The molecular formula is C28H37F3N4O2. The lowest BCUT2D eigenvalue weighted by atomic mass is 9.99. The molecule has 1 saturated heterocycles. The van der Waals surface area contributed by atoms with E-state index in [1.807, 2.05) is 45.0 Å². The molecule has 6 nitrogen and oxygen atoms in total. The monoisotopic (exact) mass is 518 g/mol. The summed E-state index contributed by atoms with van der Waals surface area (Å²) in [5.41, 5.74) is 1.76. The number of nitrogens with one attached hydrogen (secondary N) is 3. The lowest BCUT2D eigenvalue weighted by molar-refractivity contribution is -0.161. The summed E-state index contributed by atoms with van der Waals surface area (Å²) in [6.07, 6.45) is -2.24. The van der Waals surface area contributed by atoms with Crippen molar-refractivity contribution in [1.82, 2.24) is 10.6 Å². The Hall–Kier alpha value is -3.07. The summed E-state index contributed by atoms with van der Waals surface area (Å²) in [4.78, 5) is 26.9. The van der Waals surface area contributed by atoms with Crippen molar-refractivity contribution in [3.8, 4) is 0 Å². The molecule has 202 valence electrons. The number of carbonyl (C=O) groups is 2. The molecule has 1 aliphatic heterocycles. The normalized spacial score (nSPS) is 16.5. The van der Waals surface area contributed by atoms with Crippen molar-refractivity contribution in [2.45, 2.75) is 70.8 Å². The quantitative estimate of drug-likeness (QED) is 0.351. The molecule has 37 heavy (non-hydrogen) atoms. The van der Waals surface area contributed by atoms with E-state index in [1.165, 1.54) is 12.1 Å². The molecular weight excluding hydrogens is 481 g/mol. The summed E-state index contributed by atoms with van der Waals surface area (Å²) in [5, 5.41) is 8.80. The number of hydrogen-bond donors (Lipinski definition) is 3. The number of anilines is 2. The molecule has 0 unspecified atom stereocenters. The summed E-state index contributed by atoms with van der Waals surface area (Å²) in [6.45, 7) is 6.82. The zero-order chi connectivity index (χ0) is 27.0. The number of carbonyl (C=O) groups excluding carboxylic acids is 2. The minimum Gasteiger partial charge on any atom is -0.383 e. The molecule has 1 heterocycles.